The summed E-state index contributed by atoms with van der Waals surface area (Å²) in [6.45, 7) is 0. The molecule has 3 heterocycles. The summed E-state index contributed by atoms with van der Waals surface area (Å²) in [5, 5.41) is 9.74. The van der Waals surface area contributed by atoms with E-state index in [0.29, 0.717) is 5.39 Å². The van der Waals surface area contributed by atoms with Crippen molar-refractivity contribution in [1.29, 1.82) is 0 Å². The number of phosphoric acid groups is 1. The van der Waals surface area contributed by atoms with Crippen molar-refractivity contribution in [2.24, 2.45) is 0 Å². The fraction of sp³-hybridized carbons (Fsp3) is 0. The van der Waals surface area contributed by atoms with Crippen LogP contribution in [0.2, 0.25) is 0 Å². The monoisotopic (exact) mass is 254 g/mol. The van der Waals surface area contributed by atoms with Crippen LogP contribution in [-0.4, -0.2) is 5.11 Å². The van der Waals surface area contributed by atoms with Crippen LogP contribution in [0.25, 0.3) is 11.0 Å². The van der Waals surface area contributed by atoms with Gasteiger partial charge < -0.3 is 23.1 Å². The van der Waals surface area contributed by atoms with Crippen LogP contribution in [-0.2, 0) is 4.57 Å². The van der Waals surface area contributed by atoms with Gasteiger partial charge in [-0.1, -0.05) is 0 Å². The molecule has 1 aromatic heterocycles. The van der Waals surface area contributed by atoms with E-state index in [1.54, 1.807) is 0 Å². The fourth-order valence-corrected chi connectivity index (χ4v) is 3.15. The molecule has 0 radical (unpaired) electrons. The number of aromatic hydroxyl groups is 1. The van der Waals surface area contributed by atoms with Gasteiger partial charge in [-0.25, -0.2) is 4.79 Å². The van der Waals surface area contributed by atoms with Gasteiger partial charge in [-0.15, -0.1) is 0 Å². The number of phenols is 1. The lowest BCUT2D eigenvalue weighted by atomic mass is 10.2. The molecule has 2 aliphatic heterocycles. The predicted octanol–water partition coefficient (Wildman–Crippen LogP) is 1.77. The molecule has 0 spiro atoms. The average Bonchev–Trinajstić information content (AvgIpc) is 2.50. The SMILES string of the molecule is O=c1oc2cc(O)cc3c2c2c1OP(=O)(O3)O2. The van der Waals surface area contributed by atoms with Crippen LogP contribution in [0.5, 0.6) is 23.0 Å². The lowest BCUT2D eigenvalue weighted by molar-refractivity contribution is 0.326. The van der Waals surface area contributed by atoms with Crippen molar-refractivity contribution in [2.75, 3.05) is 0 Å². The summed E-state index contributed by atoms with van der Waals surface area (Å²) in [4.78, 5) is 11.5. The highest BCUT2D eigenvalue weighted by Crippen LogP contribution is 2.65. The van der Waals surface area contributed by atoms with E-state index in [0.717, 1.165) is 0 Å². The lowest BCUT2D eigenvalue weighted by Gasteiger charge is -2.15. The second kappa shape index (κ2) is 2.41. The Bertz CT molecular complexity index is 790. The molecular weight excluding hydrogens is 251 g/mol. The Labute approximate surface area is 92.8 Å². The van der Waals surface area contributed by atoms with Crippen molar-refractivity contribution in [3.63, 3.8) is 0 Å². The lowest BCUT2D eigenvalue weighted by Crippen LogP contribution is -2.03. The number of hydrogen-bond acceptors (Lipinski definition) is 7. The van der Waals surface area contributed by atoms with Gasteiger partial charge in [0, 0.05) is 12.1 Å². The summed E-state index contributed by atoms with van der Waals surface area (Å²) >= 11 is 0. The average molecular weight is 254 g/mol. The molecule has 2 aromatic rings. The molecule has 0 amide bonds. The largest absolute Gasteiger partial charge is 0.647 e. The van der Waals surface area contributed by atoms with E-state index in [1.807, 2.05) is 0 Å². The molecule has 2 bridgehead atoms. The third-order valence-corrected chi connectivity index (χ3v) is 3.72. The van der Waals surface area contributed by atoms with Crippen LogP contribution in [0.3, 0.4) is 0 Å². The normalized spacial score (nSPS) is 23.3. The number of hydrogen-bond donors (Lipinski definition) is 1. The Hall–Kier alpha value is -2.14. The Morgan fingerprint density at radius 1 is 1.12 bits per heavy atom. The Morgan fingerprint density at radius 3 is 2.71 bits per heavy atom. The Morgan fingerprint density at radius 2 is 1.88 bits per heavy atom. The summed E-state index contributed by atoms with van der Waals surface area (Å²) in [5.41, 5.74) is -0.743. The van der Waals surface area contributed by atoms with E-state index in [-0.39, 0.29) is 28.6 Å². The smallest absolute Gasteiger partial charge is 0.508 e. The zero-order valence-electron chi connectivity index (χ0n) is 8.00. The summed E-state index contributed by atoms with van der Waals surface area (Å²) in [5.74, 6) is -0.289. The molecule has 2 aliphatic rings. The molecule has 1 atom stereocenters. The molecule has 1 unspecified atom stereocenters. The standard InChI is InChI=1S/C9H3O7P/c10-3-1-4-6-5(2-3)14-17(12)15-7(6)8(16-17)9(11)13-4/h1-2,10H. The van der Waals surface area contributed by atoms with E-state index in [1.165, 1.54) is 12.1 Å². The molecule has 0 saturated carbocycles. The molecule has 0 saturated heterocycles. The first-order valence-corrected chi connectivity index (χ1v) is 6.04. The van der Waals surface area contributed by atoms with Crippen molar-refractivity contribution in [1.82, 2.24) is 0 Å². The number of fused-ring (bicyclic) bond motifs is 1. The van der Waals surface area contributed by atoms with Gasteiger partial charge in [0.25, 0.3) is 5.75 Å². The van der Waals surface area contributed by atoms with Crippen LogP contribution in [0.4, 0.5) is 0 Å². The quantitative estimate of drug-likeness (QED) is 0.565. The topological polar surface area (TPSA) is 95.2 Å². The van der Waals surface area contributed by atoms with Crippen molar-refractivity contribution in [3.8, 4) is 23.0 Å². The third-order valence-electron chi connectivity index (χ3n) is 2.49. The first-order chi connectivity index (χ1) is 8.06. The van der Waals surface area contributed by atoms with Gasteiger partial charge in [-0.2, -0.15) is 4.57 Å². The summed E-state index contributed by atoms with van der Waals surface area (Å²) in [7, 11) is -3.84. The van der Waals surface area contributed by atoms with Gasteiger partial charge in [0.05, 0.1) is 0 Å². The van der Waals surface area contributed by atoms with Gasteiger partial charge in [0.1, 0.15) is 16.7 Å². The molecule has 17 heavy (non-hydrogen) atoms. The highest BCUT2D eigenvalue weighted by molar-refractivity contribution is 7.50. The van der Waals surface area contributed by atoms with Crippen LogP contribution < -0.4 is 19.2 Å². The number of phosphoric ester groups is 1. The Kier molecular flexibility index (Phi) is 1.27. The number of rotatable bonds is 0. The third kappa shape index (κ3) is 0.969. The van der Waals surface area contributed by atoms with E-state index >= 15 is 0 Å². The van der Waals surface area contributed by atoms with Gasteiger partial charge >= 0.3 is 13.4 Å². The highest BCUT2D eigenvalue weighted by atomic mass is 31.2. The predicted molar refractivity (Wildman–Crippen MR) is 53.6 cm³/mol. The van der Waals surface area contributed by atoms with Crippen LogP contribution >= 0.6 is 7.82 Å². The summed E-state index contributed by atoms with van der Waals surface area (Å²) < 4.78 is 31.6. The van der Waals surface area contributed by atoms with Crippen molar-refractivity contribution in [2.45, 2.75) is 0 Å². The first-order valence-electron chi connectivity index (χ1n) is 4.58. The highest BCUT2D eigenvalue weighted by Gasteiger charge is 2.49. The van der Waals surface area contributed by atoms with Crippen LogP contribution in [0.1, 0.15) is 0 Å². The second-order valence-corrected chi connectivity index (χ2v) is 5.03. The minimum absolute atomic E-state index is 0.0424. The molecule has 8 heteroatoms. The molecule has 4 rings (SSSR count). The molecule has 7 nitrogen and oxygen atoms in total. The molecule has 0 aliphatic carbocycles. The maximum Gasteiger partial charge on any atom is 0.647 e. The minimum Gasteiger partial charge on any atom is -0.508 e. The van der Waals surface area contributed by atoms with E-state index in [2.05, 4.69) is 0 Å². The van der Waals surface area contributed by atoms with E-state index < -0.39 is 13.4 Å². The Balaban J connectivity index is 2.31. The van der Waals surface area contributed by atoms with Crippen molar-refractivity contribution >= 4 is 18.8 Å². The summed E-state index contributed by atoms with van der Waals surface area (Å²) in [6, 6.07) is 2.49. The fourth-order valence-electron chi connectivity index (χ4n) is 1.87. The van der Waals surface area contributed by atoms with E-state index in [4.69, 9.17) is 18.0 Å². The van der Waals surface area contributed by atoms with Crippen LogP contribution in [0.15, 0.2) is 21.3 Å². The molecule has 0 fully saturated rings. The number of phenolic OH excluding ortho intramolecular Hbond substituents is 1. The maximum atomic E-state index is 11.9. The number of benzene rings is 1. The van der Waals surface area contributed by atoms with Crippen LogP contribution in [0, 0.1) is 0 Å². The molecule has 1 aromatic carbocycles. The molecule has 1 N–H and O–H groups in total. The van der Waals surface area contributed by atoms with Crippen molar-refractivity contribution in [3.05, 3.63) is 22.6 Å². The van der Waals surface area contributed by atoms with Crippen molar-refractivity contribution < 1.29 is 27.7 Å². The molecular formula is C9H3O7P. The van der Waals surface area contributed by atoms with Gasteiger partial charge in [0.15, 0.2) is 11.5 Å². The minimum atomic E-state index is -3.84. The molecule has 86 valence electrons. The summed E-state index contributed by atoms with van der Waals surface area (Å²) in [6.07, 6.45) is 0. The zero-order chi connectivity index (χ0) is 11.8. The van der Waals surface area contributed by atoms with Gasteiger partial charge in [-0.3, -0.25) is 0 Å². The maximum absolute atomic E-state index is 11.9. The second-order valence-electron chi connectivity index (χ2n) is 3.59. The van der Waals surface area contributed by atoms with Gasteiger partial charge in [0.2, 0.25) is 0 Å². The van der Waals surface area contributed by atoms with E-state index in [9.17, 15) is 14.5 Å². The zero-order valence-corrected chi connectivity index (χ0v) is 8.89. The van der Waals surface area contributed by atoms with Gasteiger partial charge in [-0.05, 0) is 0 Å². The first kappa shape index (κ1) is 8.95.